The van der Waals surface area contributed by atoms with Gasteiger partial charge in [0, 0.05) is 28.2 Å². The summed E-state index contributed by atoms with van der Waals surface area (Å²) in [5.41, 5.74) is 0.999. The van der Waals surface area contributed by atoms with E-state index in [1.807, 2.05) is 6.08 Å². The lowest BCUT2D eigenvalue weighted by Crippen LogP contribution is -2.50. The quantitative estimate of drug-likeness (QED) is 0.664. The van der Waals surface area contributed by atoms with Crippen LogP contribution in [0.15, 0.2) is 22.8 Å². The molecule has 0 aromatic rings. The summed E-state index contributed by atoms with van der Waals surface area (Å²) in [6.07, 6.45) is 8.93. The highest BCUT2D eigenvalue weighted by molar-refractivity contribution is 6.32. The van der Waals surface area contributed by atoms with Crippen molar-refractivity contribution in [2.45, 2.75) is 46.0 Å². The third-order valence-electron chi connectivity index (χ3n) is 8.20. The van der Waals surface area contributed by atoms with Crippen LogP contribution in [0.25, 0.3) is 0 Å². The van der Waals surface area contributed by atoms with E-state index in [4.69, 9.17) is 11.6 Å². The first-order valence-electron chi connectivity index (χ1n) is 9.04. The molecule has 23 heavy (non-hydrogen) atoms. The van der Waals surface area contributed by atoms with Gasteiger partial charge in [-0.3, -0.25) is 9.59 Å². The Morgan fingerprint density at radius 2 is 1.91 bits per heavy atom. The van der Waals surface area contributed by atoms with Crippen LogP contribution < -0.4 is 0 Å². The SMILES string of the molecule is C[C@@]12C(=CC(=O)[C@@H]3C[C@@H]31)C(Cl)=C[C@@H]1[C@@H]2CC[C@]2(C)C(=O)CC[C@@H]12. The highest BCUT2D eigenvalue weighted by Crippen LogP contribution is 2.70. The van der Waals surface area contributed by atoms with Crippen LogP contribution in [0.2, 0.25) is 0 Å². The molecule has 0 heterocycles. The average Bonchev–Trinajstić information content (AvgIpc) is 3.26. The van der Waals surface area contributed by atoms with E-state index in [0.29, 0.717) is 29.5 Å². The van der Waals surface area contributed by atoms with Crippen molar-refractivity contribution >= 4 is 23.2 Å². The number of hydrogen-bond acceptors (Lipinski definition) is 2. The molecule has 0 bridgehead atoms. The monoisotopic (exact) mass is 330 g/mol. The lowest BCUT2D eigenvalue weighted by molar-refractivity contribution is -0.130. The highest BCUT2D eigenvalue weighted by atomic mass is 35.5. The summed E-state index contributed by atoms with van der Waals surface area (Å²) in [6, 6.07) is 0. The van der Waals surface area contributed by atoms with Crippen molar-refractivity contribution in [3.63, 3.8) is 0 Å². The van der Waals surface area contributed by atoms with Gasteiger partial charge in [0.25, 0.3) is 0 Å². The molecule has 0 amide bonds. The lowest BCUT2D eigenvalue weighted by atomic mass is 9.49. The molecule has 5 aliphatic carbocycles. The van der Waals surface area contributed by atoms with Crippen LogP contribution in [0.5, 0.6) is 0 Å². The largest absolute Gasteiger partial charge is 0.299 e. The zero-order valence-electron chi connectivity index (χ0n) is 13.8. The van der Waals surface area contributed by atoms with Gasteiger partial charge in [-0.1, -0.05) is 31.5 Å². The normalized spacial score (nSPS) is 53.6. The molecule has 0 saturated heterocycles. The fraction of sp³-hybridized carbons (Fsp3) is 0.700. The van der Waals surface area contributed by atoms with Gasteiger partial charge in [-0.05, 0) is 61.0 Å². The molecular weight excluding hydrogens is 308 g/mol. The van der Waals surface area contributed by atoms with Crippen molar-refractivity contribution in [2.75, 3.05) is 0 Å². The van der Waals surface area contributed by atoms with Crippen molar-refractivity contribution in [1.82, 2.24) is 0 Å². The number of hydrogen-bond donors (Lipinski definition) is 0. The number of carbonyl (C=O) groups is 2. The molecule has 0 unspecified atom stereocenters. The second-order valence-electron chi connectivity index (χ2n) is 8.91. The molecule has 7 atom stereocenters. The second kappa shape index (κ2) is 4.20. The van der Waals surface area contributed by atoms with E-state index in [9.17, 15) is 9.59 Å². The minimum atomic E-state index is -0.139. The molecule has 0 radical (unpaired) electrons. The van der Waals surface area contributed by atoms with Crippen molar-refractivity contribution in [2.24, 2.45) is 40.4 Å². The van der Waals surface area contributed by atoms with Crippen LogP contribution in [0.4, 0.5) is 0 Å². The number of ketones is 2. The van der Waals surface area contributed by atoms with Crippen LogP contribution in [0.3, 0.4) is 0 Å². The van der Waals surface area contributed by atoms with E-state index >= 15 is 0 Å². The Balaban J connectivity index is 1.65. The molecule has 5 rings (SSSR count). The summed E-state index contributed by atoms with van der Waals surface area (Å²) in [4.78, 5) is 24.7. The van der Waals surface area contributed by atoms with Crippen LogP contribution in [-0.4, -0.2) is 11.6 Å². The predicted molar refractivity (Wildman–Crippen MR) is 88.8 cm³/mol. The van der Waals surface area contributed by atoms with E-state index in [0.717, 1.165) is 42.7 Å². The number of Topliss-reactive ketones (excluding diaryl/α,β-unsaturated/α-hetero) is 1. The van der Waals surface area contributed by atoms with E-state index < -0.39 is 0 Å². The Morgan fingerprint density at radius 1 is 1.13 bits per heavy atom. The van der Waals surface area contributed by atoms with Gasteiger partial charge in [0.2, 0.25) is 0 Å². The Morgan fingerprint density at radius 3 is 2.70 bits per heavy atom. The standard InChI is InChI=1S/C20H23ClO2/c1-19-6-5-13-10(12(19)3-4-18(19)23)8-16(21)15-9-17(22)11-7-14(11)20(13,15)2/h8-14H,3-7H2,1-2H3/t10-,11+,12-,13-,14-,19-,20-/m0/s1. The van der Waals surface area contributed by atoms with Crippen LogP contribution >= 0.6 is 11.6 Å². The van der Waals surface area contributed by atoms with Gasteiger partial charge in [-0.15, -0.1) is 0 Å². The second-order valence-corrected chi connectivity index (χ2v) is 9.32. The maximum Gasteiger partial charge on any atom is 0.159 e. The Hall–Kier alpha value is -0.890. The topological polar surface area (TPSA) is 34.1 Å². The van der Waals surface area contributed by atoms with Gasteiger partial charge in [0.1, 0.15) is 5.78 Å². The molecule has 5 aliphatic rings. The summed E-state index contributed by atoms with van der Waals surface area (Å²) in [7, 11) is 0. The summed E-state index contributed by atoms with van der Waals surface area (Å²) in [5, 5.41) is 0.788. The van der Waals surface area contributed by atoms with Crippen LogP contribution in [0, 0.1) is 40.4 Å². The zero-order chi connectivity index (χ0) is 16.1. The zero-order valence-corrected chi connectivity index (χ0v) is 14.5. The van der Waals surface area contributed by atoms with E-state index in [-0.39, 0.29) is 22.5 Å². The van der Waals surface area contributed by atoms with Crippen molar-refractivity contribution in [3.05, 3.63) is 22.8 Å². The Bertz CT molecular complexity index is 704. The molecule has 3 heteroatoms. The fourth-order valence-corrected chi connectivity index (χ4v) is 7.14. The van der Waals surface area contributed by atoms with Gasteiger partial charge in [0.15, 0.2) is 5.78 Å². The van der Waals surface area contributed by atoms with Gasteiger partial charge in [-0.25, -0.2) is 0 Å². The van der Waals surface area contributed by atoms with Crippen LogP contribution in [-0.2, 0) is 9.59 Å². The number of carbonyl (C=O) groups excluding carboxylic acids is 2. The highest BCUT2D eigenvalue weighted by Gasteiger charge is 2.66. The molecule has 3 fully saturated rings. The van der Waals surface area contributed by atoms with Crippen molar-refractivity contribution in [1.29, 1.82) is 0 Å². The minimum Gasteiger partial charge on any atom is -0.299 e. The molecule has 0 aromatic carbocycles. The fourth-order valence-electron chi connectivity index (χ4n) is 6.74. The third kappa shape index (κ3) is 1.57. The van der Waals surface area contributed by atoms with E-state index in [1.54, 1.807) is 0 Å². The molecule has 2 nitrogen and oxygen atoms in total. The summed E-state index contributed by atoms with van der Waals surface area (Å²) < 4.78 is 0. The first-order chi connectivity index (χ1) is 10.9. The van der Waals surface area contributed by atoms with Gasteiger partial charge >= 0.3 is 0 Å². The maximum atomic E-state index is 12.5. The summed E-state index contributed by atoms with van der Waals surface area (Å²) in [5.74, 6) is 2.85. The number of rotatable bonds is 0. The average molecular weight is 331 g/mol. The van der Waals surface area contributed by atoms with E-state index in [2.05, 4.69) is 19.9 Å². The summed E-state index contributed by atoms with van der Waals surface area (Å²) in [6.45, 7) is 4.53. The molecule has 0 aliphatic heterocycles. The summed E-state index contributed by atoms with van der Waals surface area (Å²) >= 11 is 6.68. The lowest BCUT2D eigenvalue weighted by Gasteiger charge is -2.55. The van der Waals surface area contributed by atoms with Gasteiger partial charge in [0.05, 0.1) is 0 Å². The third-order valence-corrected chi connectivity index (χ3v) is 8.53. The van der Waals surface area contributed by atoms with Crippen molar-refractivity contribution in [3.8, 4) is 0 Å². The predicted octanol–water partition coefficient (Wildman–Crippen LogP) is 4.29. The molecule has 0 N–H and O–H groups in total. The van der Waals surface area contributed by atoms with Gasteiger partial charge < -0.3 is 0 Å². The van der Waals surface area contributed by atoms with E-state index in [1.165, 1.54) is 0 Å². The van der Waals surface area contributed by atoms with Crippen molar-refractivity contribution < 1.29 is 9.59 Å². The number of fused-ring (bicyclic) bond motifs is 7. The Labute approximate surface area is 142 Å². The minimum absolute atomic E-state index is 0.0437. The Kier molecular flexibility index (Phi) is 2.64. The van der Waals surface area contributed by atoms with Gasteiger partial charge in [-0.2, -0.15) is 0 Å². The number of allylic oxidation sites excluding steroid dienone is 4. The first kappa shape index (κ1) is 14.5. The van der Waals surface area contributed by atoms with Crippen LogP contribution in [0.1, 0.15) is 46.0 Å². The molecule has 0 spiro atoms. The molecule has 122 valence electrons. The smallest absolute Gasteiger partial charge is 0.159 e. The maximum absolute atomic E-state index is 12.5. The molecular formula is C20H23ClO2. The molecule has 3 saturated carbocycles. The first-order valence-corrected chi connectivity index (χ1v) is 9.42. The number of halogens is 1. The molecule has 0 aromatic heterocycles.